The SMILES string of the molecule is COC(=O)Cc1ccc(OC2CCN(Cc3cc(NC(=O)c4cnn(C(C)(C)C)c4-c4ccc(F)cc4)ccc3Cl)CC2)cc1. The Kier molecular flexibility index (Phi) is 9.90. The number of methoxy groups -OCH3 is 1. The molecule has 0 spiro atoms. The number of nitrogens with zero attached hydrogens (tertiary/aromatic N) is 3. The van der Waals surface area contributed by atoms with Gasteiger partial charge in [-0.05, 0) is 99.3 Å². The lowest BCUT2D eigenvalue weighted by atomic mass is 10.0. The summed E-state index contributed by atoms with van der Waals surface area (Å²) >= 11 is 6.59. The second-order valence-corrected chi connectivity index (χ2v) is 12.7. The van der Waals surface area contributed by atoms with Gasteiger partial charge in [0.15, 0.2) is 0 Å². The van der Waals surface area contributed by atoms with Gasteiger partial charge in [0.05, 0.1) is 36.5 Å². The van der Waals surface area contributed by atoms with E-state index in [2.05, 4.69) is 15.3 Å². The summed E-state index contributed by atoms with van der Waals surface area (Å²) in [6.07, 6.45) is 3.61. The Hall–Kier alpha value is -4.21. The van der Waals surface area contributed by atoms with Gasteiger partial charge < -0.3 is 14.8 Å². The molecule has 0 unspecified atom stereocenters. The van der Waals surface area contributed by atoms with Crippen LogP contribution in [-0.2, 0) is 28.0 Å². The summed E-state index contributed by atoms with van der Waals surface area (Å²) in [7, 11) is 1.38. The van der Waals surface area contributed by atoms with Crippen LogP contribution in [0.2, 0.25) is 5.02 Å². The van der Waals surface area contributed by atoms with Gasteiger partial charge in [0.1, 0.15) is 17.7 Å². The Morgan fingerprint density at radius 2 is 1.71 bits per heavy atom. The van der Waals surface area contributed by atoms with Crippen LogP contribution < -0.4 is 10.1 Å². The van der Waals surface area contributed by atoms with Crippen LogP contribution in [0, 0.1) is 5.82 Å². The van der Waals surface area contributed by atoms with Crippen molar-refractivity contribution >= 4 is 29.2 Å². The number of rotatable bonds is 9. The highest BCUT2D eigenvalue weighted by molar-refractivity contribution is 6.31. The van der Waals surface area contributed by atoms with Gasteiger partial charge in [0.25, 0.3) is 5.91 Å². The molecule has 2 heterocycles. The molecule has 5 rings (SSSR count). The van der Waals surface area contributed by atoms with E-state index in [1.807, 2.05) is 51.1 Å². The Bertz CT molecular complexity index is 1640. The lowest BCUT2D eigenvalue weighted by molar-refractivity contribution is -0.139. The van der Waals surface area contributed by atoms with Crippen LogP contribution in [0.1, 0.15) is 55.1 Å². The van der Waals surface area contributed by atoms with E-state index in [9.17, 15) is 14.0 Å². The first-order valence-corrected chi connectivity index (χ1v) is 15.4. The number of piperidine rings is 1. The smallest absolute Gasteiger partial charge is 0.309 e. The van der Waals surface area contributed by atoms with Gasteiger partial charge in [-0.1, -0.05) is 23.7 Å². The highest BCUT2D eigenvalue weighted by Gasteiger charge is 2.26. The Balaban J connectivity index is 1.21. The number of ether oxygens (including phenoxy) is 2. The molecule has 4 aromatic rings. The van der Waals surface area contributed by atoms with E-state index in [1.54, 1.807) is 35.1 Å². The zero-order valence-electron chi connectivity index (χ0n) is 26.0. The number of anilines is 1. The normalized spacial score (nSPS) is 14.3. The molecule has 1 saturated heterocycles. The predicted molar refractivity (Wildman–Crippen MR) is 173 cm³/mol. The van der Waals surface area contributed by atoms with Crippen molar-refractivity contribution in [2.45, 2.75) is 58.2 Å². The zero-order chi connectivity index (χ0) is 32.1. The lowest BCUT2D eigenvalue weighted by Crippen LogP contribution is -2.37. The fraction of sp³-hybridized carbons (Fsp3) is 0.343. The summed E-state index contributed by atoms with van der Waals surface area (Å²) in [6, 6.07) is 19.1. The molecule has 236 valence electrons. The number of esters is 1. The molecule has 45 heavy (non-hydrogen) atoms. The van der Waals surface area contributed by atoms with Gasteiger partial charge in [0, 0.05) is 35.9 Å². The van der Waals surface area contributed by atoms with Crippen molar-refractivity contribution in [3.05, 3.63) is 100 Å². The minimum absolute atomic E-state index is 0.0955. The molecule has 1 aliphatic rings. The number of carbonyl (C=O) groups excluding carboxylic acids is 2. The van der Waals surface area contributed by atoms with Crippen LogP contribution in [-0.4, -0.2) is 52.9 Å². The van der Waals surface area contributed by atoms with Crippen molar-refractivity contribution in [2.75, 3.05) is 25.5 Å². The summed E-state index contributed by atoms with van der Waals surface area (Å²) in [6.45, 7) is 8.32. The highest BCUT2D eigenvalue weighted by Crippen LogP contribution is 2.31. The van der Waals surface area contributed by atoms with E-state index in [-0.39, 0.29) is 30.2 Å². The maximum atomic E-state index is 13.7. The number of aromatic nitrogens is 2. The molecule has 0 bridgehead atoms. The molecule has 1 amide bonds. The number of hydrogen-bond donors (Lipinski definition) is 1. The van der Waals surface area contributed by atoms with E-state index in [0.29, 0.717) is 34.1 Å². The van der Waals surface area contributed by atoms with Crippen LogP contribution >= 0.6 is 11.6 Å². The Morgan fingerprint density at radius 3 is 2.36 bits per heavy atom. The monoisotopic (exact) mass is 632 g/mol. The van der Waals surface area contributed by atoms with E-state index in [0.717, 1.165) is 42.8 Å². The topological polar surface area (TPSA) is 85.7 Å². The quantitative estimate of drug-likeness (QED) is 0.198. The summed E-state index contributed by atoms with van der Waals surface area (Å²) < 4.78 is 26.4. The van der Waals surface area contributed by atoms with Crippen LogP contribution in [0.15, 0.2) is 72.9 Å². The average Bonchev–Trinajstić information content (AvgIpc) is 3.47. The third-order valence-corrected chi connectivity index (χ3v) is 8.17. The summed E-state index contributed by atoms with van der Waals surface area (Å²) in [5.41, 5.74) is 3.75. The summed E-state index contributed by atoms with van der Waals surface area (Å²) in [5, 5.41) is 8.16. The second kappa shape index (κ2) is 13.8. The molecule has 1 aromatic heterocycles. The minimum atomic E-state index is -0.398. The van der Waals surface area contributed by atoms with Crippen molar-refractivity contribution < 1.29 is 23.5 Å². The number of carbonyl (C=O) groups is 2. The van der Waals surface area contributed by atoms with Crippen LogP contribution in [0.5, 0.6) is 5.75 Å². The van der Waals surface area contributed by atoms with E-state index < -0.39 is 5.54 Å². The molecule has 10 heteroatoms. The molecule has 8 nitrogen and oxygen atoms in total. The third-order valence-electron chi connectivity index (χ3n) is 7.80. The third kappa shape index (κ3) is 8.09. The summed E-state index contributed by atoms with van der Waals surface area (Å²) in [4.78, 5) is 27.4. The number of hydrogen-bond acceptors (Lipinski definition) is 6. The first-order valence-electron chi connectivity index (χ1n) is 15.0. The molecule has 0 radical (unpaired) electrons. The first kappa shape index (κ1) is 32.2. The molecular formula is C35H38ClFN4O4. The minimum Gasteiger partial charge on any atom is -0.490 e. The fourth-order valence-electron chi connectivity index (χ4n) is 5.42. The molecule has 0 atom stereocenters. The predicted octanol–water partition coefficient (Wildman–Crippen LogP) is 7.11. The molecule has 0 aliphatic carbocycles. The summed E-state index contributed by atoms with van der Waals surface area (Å²) in [5.74, 6) is -0.146. The van der Waals surface area contributed by atoms with Gasteiger partial charge in [-0.25, -0.2) is 4.39 Å². The van der Waals surface area contributed by atoms with Crippen LogP contribution in [0.4, 0.5) is 10.1 Å². The average molecular weight is 633 g/mol. The molecular weight excluding hydrogens is 595 g/mol. The maximum Gasteiger partial charge on any atom is 0.309 e. The van der Waals surface area contributed by atoms with Crippen molar-refractivity contribution in [1.29, 1.82) is 0 Å². The standard InChI is InChI=1S/C35H38ClFN4O4/c1-35(2,3)41-33(24-7-9-26(37)10-8-24)30(21-38-41)34(43)39-27-11-14-31(36)25(20-27)22-40-17-15-29(16-18-40)45-28-12-5-23(6-13-28)19-32(42)44-4/h5-14,20-21,29H,15-19,22H2,1-4H3,(H,39,43). The zero-order valence-corrected chi connectivity index (χ0v) is 26.7. The first-order chi connectivity index (χ1) is 21.5. The van der Waals surface area contributed by atoms with Gasteiger partial charge in [-0.2, -0.15) is 5.10 Å². The van der Waals surface area contributed by atoms with E-state index in [1.165, 1.54) is 19.2 Å². The fourth-order valence-corrected chi connectivity index (χ4v) is 5.60. The van der Waals surface area contributed by atoms with Crippen LogP contribution in [0.25, 0.3) is 11.3 Å². The van der Waals surface area contributed by atoms with Gasteiger partial charge in [0.2, 0.25) is 0 Å². The number of likely N-dealkylation sites (tertiary alicyclic amines) is 1. The number of amides is 1. The molecule has 1 aliphatic heterocycles. The molecule has 0 saturated carbocycles. The number of nitrogens with one attached hydrogen (secondary N) is 1. The maximum absolute atomic E-state index is 13.7. The molecule has 3 aromatic carbocycles. The van der Waals surface area contributed by atoms with E-state index >= 15 is 0 Å². The van der Waals surface area contributed by atoms with Gasteiger partial charge >= 0.3 is 5.97 Å². The van der Waals surface area contributed by atoms with Gasteiger partial charge in [-0.15, -0.1) is 0 Å². The largest absolute Gasteiger partial charge is 0.490 e. The second-order valence-electron chi connectivity index (χ2n) is 12.2. The van der Waals surface area contributed by atoms with Crippen LogP contribution in [0.3, 0.4) is 0 Å². The Labute approximate surface area is 268 Å². The van der Waals surface area contributed by atoms with E-state index in [4.69, 9.17) is 21.1 Å². The lowest BCUT2D eigenvalue weighted by Gasteiger charge is -2.32. The van der Waals surface area contributed by atoms with Gasteiger partial charge in [-0.3, -0.25) is 19.2 Å². The van der Waals surface area contributed by atoms with Crippen molar-refractivity contribution in [2.24, 2.45) is 0 Å². The van der Waals surface area contributed by atoms with Crippen molar-refractivity contribution in [3.8, 4) is 17.0 Å². The molecule has 1 fully saturated rings. The van der Waals surface area contributed by atoms with Crippen molar-refractivity contribution in [1.82, 2.24) is 14.7 Å². The molecule has 1 N–H and O–H groups in total. The Morgan fingerprint density at radius 1 is 1.02 bits per heavy atom. The number of benzene rings is 3. The van der Waals surface area contributed by atoms with Crippen molar-refractivity contribution in [3.63, 3.8) is 0 Å². The number of halogens is 2. The highest BCUT2D eigenvalue weighted by atomic mass is 35.5.